The van der Waals surface area contributed by atoms with Crippen molar-refractivity contribution in [2.75, 3.05) is 26.1 Å². The summed E-state index contributed by atoms with van der Waals surface area (Å²) in [5, 5.41) is 21.5. The van der Waals surface area contributed by atoms with Crippen molar-refractivity contribution >= 4 is 11.6 Å². The van der Waals surface area contributed by atoms with Crippen molar-refractivity contribution in [2.45, 2.75) is 37.3 Å². The van der Waals surface area contributed by atoms with E-state index in [1.165, 1.54) is 38.6 Å². The molecule has 3 rings (SSSR count). The van der Waals surface area contributed by atoms with Gasteiger partial charge in [-0.15, -0.1) is 0 Å². The number of ether oxygens (including phenoxy) is 3. The number of carbonyl (C=O) groups excluding carboxylic acids is 1. The van der Waals surface area contributed by atoms with E-state index in [4.69, 9.17) is 19.3 Å². The largest absolute Gasteiger partial charge is 0.493 e. The van der Waals surface area contributed by atoms with Crippen molar-refractivity contribution in [2.24, 2.45) is 0 Å². The first-order valence-corrected chi connectivity index (χ1v) is 9.58. The van der Waals surface area contributed by atoms with Crippen LogP contribution in [-0.2, 0) is 14.3 Å². The number of aliphatic hydroxyl groups is 2. The quantitative estimate of drug-likeness (QED) is 0.606. The molecule has 10 heteroatoms. The molecule has 2 aromatic rings. The molecule has 0 spiro atoms. The number of aromatic nitrogens is 1. The average Bonchev–Trinajstić information content (AvgIpc) is 3.11. The first kappa shape index (κ1) is 23.0. The van der Waals surface area contributed by atoms with Gasteiger partial charge in [0.1, 0.15) is 12.2 Å². The summed E-state index contributed by atoms with van der Waals surface area (Å²) in [4.78, 5) is 17.0. The number of halogens is 2. The lowest BCUT2D eigenvalue weighted by atomic mass is 9.87. The molecular formula is C21H24F2N2O6. The monoisotopic (exact) mass is 438 g/mol. The first-order chi connectivity index (χ1) is 14.8. The van der Waals surface area contributed by atoms with Crippen LogP contribution >= 0.6 is 0 Å². The molecule has 1 aromatic heterocycles. The number of aliphatic hydroxyl groups excluding tert-OH is 2. The predicted octanol–water partition coefficient (Wildman–Crippen LogP) is 1.92. The standard InChI is InChI=1S/C21H24F2N2O6/c1-10-18(29-2)16(12-4-5-13(22)17(23)19(12)30-3)20(31-10)21(28)25-11-6-7-24-14(8-11)15(27)9-26/h4-8,10,15-16,18,20,26-27H,9H2,1-3H3,(H,24,25,28)/t10-,15-,16+,18+,20+/m0/s1. The molecule has 1 aliphatic rings. The Labute approximate surface area is 177 Å². The maximum Gasteiger partial charge on any atom is 0.254 e. The highest BCUT2D eigenvalue weighted by Gasteiger charge is 2.48. The molecule has 8 nitrogen and oxygen atoms in total. The topological polar surface area (TPSA) is 110 Å². The highest BCUT2D eigenvalue weighted by molar-refractivity contribution is 5.95. The fourth-order valence-corrected chi connectivity index (χ4v) is 3.79. The number of rotatable bonds is 7. The summed E-state index contributed by atoms with van der Waals surface area (Å²) in [6.07, 6.45) is -2.07. The summed E-state index contributed by atoms with van der Waals surface area (Å²) >= 11 is 0. The van der Waals surface area contributed by atoms with E-state index in [9.17, 15) is 18.7 Å². The third-order valence-corrected chi connectivity index (χ3v) is 5.24. The number of methoxy groups -OCH3 is 2. The number of nitrogens with zero attached hydrogens (tertiary/aromatic N) is 1. The Bertz CT molecular complexity index is 944. The van der Waals surface area contributed by atoms with Gasteiger partial charge in [-0.1, -0.05) is 6.07 Å². The van der Waals surface area contributed by atoms with Gasteiger partial charge in [0.25, 0.3) is 5.91 Å². The fourth-order valence-electron chi connectivity index (χ4n) is 3.79. The molecule has 1 aliphatic heterocycles. The molecule has 1 saturated heterocycles. The van der Waals surface area contributed by atoms with E-state index in [1.54, 1.807) is 6.92 Å². The average molecular weight is 438 g/mol. The third-order valence-electron chi connectivity index (χ3n) is 5.24. The highest BCUT2D eigenvalue weighted by Crippen LogP contribution is 2.42. The van der Waals surface area contributed by atoms with Crippen LogP contribution in [0.4, 0.5) is 14.5 Å². The van der Waals surface area contributed by atoms with Crippen molar-refractivity contribution in [3.63, 3.8) is 0 Å². The Morgan fingerprint density at radius 3 is 2.71 bits per heavy atom. The van der Waals surface area contributed by atoms with E-state index in [0.29, 0.717) is 5.69 Å². The van der Waals surface area contributed by atoms with Crippen molar-refractivity contribution in [3.8, 4) is 5.75 Å². The van der Waals surface area contributed by atoms with Crippen LogP contribution in [0.15, 0.2) is 30.5 Å². The van der Waals surface area contributed by atoms with Crippen LogP contribution in [0.5, 0.6) is 5.75 Å². The van der Waals surface area contributed by atoms with E-state index in [-0.39, 0.29) is 17.0 Å². The third kappa shape index (κ3) is 4.52. The lowest BCUT2D eigenvalue weighted by Crippen LogP contribution is -2.34. The summed E-state index contributed by atoms with van der Waals surface area (Å²) in [5.41, 5.74) is 0.731. The van der Waals surface area contributed by atoms with Gasteiger partial charge in [-0.2, -0.15) is 4.39 Å². The number of hydrogen-bond acceptors (Lipinski definition) is 7. The number of hydrogen-bond donors (Lipinski definition) is 3. The maximum absolute atomic E-state index is 14.3. The molecule has 0 radical (unpaired) electrons. The minimum Gasteiger partial charge on any atom is -0.493 e. The number of amides is 1. The van der Waals surface area contributed by atoms with Crippen molar-refractivity contribution in [3.05, 3.63) is 53.4 Å². The van der Waals surface area contributed by atoms with Crippen LogP contribution in [0.1, 0.15) is 30.2 Å². The summed E-state index contributed by atoms with van der Waals surface area (Å²) in [6, 6.07) is 5.23. The maximum atomic E-state index is 14.3. The van der Waals surface area contributed by atoms with Crippen molar-refractivity contribution in [1.29, 1.82) is 0 Å². The van der Waals surface area contributed by atoms with Gasteiger partial charge < -0.3 is 29.7 Å². The zero-order valence-electron chi connectivity index (χ0n) is 17.2. The number of anilines is 1. The Kier molecular flexibility index (Phi) is 7.16. The summed E-state index contributed by atoms with van der Waals surface area (Å²) in [6.45, 7) is 1.18. The Morgan fingerprint density at radius 1 is 1.32 bits per heavy atom. The second-order valence-electron chi connectivity index (χ2n) is 7.13. The molecule has 0 unspecified atom stereocenters. The van der Waals surface area contributed by atoms with Gasteiger partial charge in [0.15, 0.2) is 11.6 Å². The normalized spacial score (nSPS) is 24.1. The second kappa shape index (κ2) is 9.65. The van der Waals surface area contributed by atoms with E-state index in [0.717, 1.165) is 6.07 Å². The molecule has 1 amide bonds. The van der Waals surface area contributed by atoms with Crippen LogP contribution < -0.4 is 10.1 Å². The zero-order chi connectivity index (χ0) is 22.7. The van der Waals surface area contributed by atoms with Crippen molar-refractivity contribution in [1.82, 2.24) is 4.98 Å². The van der Waals surface area contributed by atoms with Gasteiger partial charge >= 0.3 is 0 Å². The smallest absolute Gasteiger partial charge is 0.254 e. The Hall–Kier alpha value is -2.66. The molecule has 3 N–H and O–H groups in total. The molecule has 1 aromatic carbocycles. The highest BCUT2D eigenvalue weighted by atomic mass is 19.2. The van der Waals surface area contributed by atoms with Crippen LogP contribution in [0.2, 0.25) is 0 Å². The minimum atomic E-state index is -1.20. The molecule has 0 saturated carbocycles. The molecule has 1 fully saturated rings. The van der Waals surface area contributed by atoms with Crippen LogP contribution in [0, 0.1) is 11.6 Å². The number of carbonyl (C=O) groups is 1. The molecule has 5 atom stereocenters. The van der Waals surface area contributed by atoms with Gasteiger partial charge in [-0.3, -0.25) is 9.78 Å². The minimum absolute atomic E-state index is 0.176. The predicted molar refractivity (Wildman–Crippen MR) is 106 cm³/mol. The van der Waals surface area contributed by atoms with Crippen molar-refractivity contribution < 1.29 is 38.0 Å². The SMILES string of the molecule is COc1c([C@@H]2[C@H](OC)[C@H](C)O[C@H]2C(=O)Nc2ccnc([C@@H](O)CO)c2)ccc(F)c1F. The number of benzene rings is 1. The molecule has 168 valence electrons. The van der Waals surface area contributed by atoms with E-state index in [2.05, 4.69) is 10.3 Å². The lowest BCUT2D eigenvalue weighted by Gasteiger charge is -2.24. The van der Waals surface area contributed by atoms with E-state index >= 15 is 0 Å². The van der Waals surface area contributed by atoms with Gasteiger partial charge in [0.2, 0.25) is 5.82 Å². The van der Waals surface area contributed by atoms with Gasteiger partial charge in [0.05, 0.1) is 37.5 Å². The zero-order valence-corrected chi connectivity index (χ0v) is 17.2. The second-order valence-corrected chi connectivity index (χ2v) is 7.13. The molecular weight excluding hydrogens is 414 g/mol. The number of nitrogens with one attached hydrogen (secondary N) is 1. The van der Waals surface area contributed by atoms with E-state index < -0.39 is 54.5 Å². The Morgan fingerprint density at radius 2 is 2.06 bits per heavy atom. The summed E-state index contributed by atoms with van der Waals surface area (Å²) < 4.78 is 44.5. The number of pyridine rings is 1. The lowest BCUT2D eigenvalue weighted by molar-refractivity contribution is -0.127. The fraction of sp³-hybridized carbons (Fsp3) is 0.429. The van der Waals surface area contributed by atoms with Crippen LogP contribution in [0.25, 0.3) is 0 Å². The van der Waals surface area contributed by atoms with Gasteiger partial charge in [-0.05, 0) is 25.1 Å². The Balaban J connectivity index is 1.94. The molecule has 0 bridgehead atoms. The molecule has 31 heavy (non-hydrogen) atoms. The first-order valence-electron chi connectivity index (χ1n) is 9.58. The van der Waals surface area contributed by atoms with E-state index in [1.807, 2.05) is 0 Å². The summed E-state index contributed by atoms with van der Waals surface area (Å²) in [7, 11) is 2.65. The molecule has 0 aliphatic carbocycles. The van der Waals surface area contributed by atoms with Gasteiger partial charge in [-0.25, -0.2) is 4.39 Å². The van der Waals surface area contributed by atoms with Crippen LogP contribution in [0.3, 0.4) is 0 Å². The summed E-state index contributed by atoms with van der Waals surface area (Å²) in [5.74, 6) is -3.90. The molecule has 2 heterocycles. The van der Waals surface area contributed by atoms with Crippen LogP contribution in [-0.4, -0.2) is 60.2 Å². The van der Waals surface area contributed by atoms with Gasteiger partial charge in [0, 0.05) is 24.6 Å².